The molecule has 2 nitrogen and oxygen atoms in total. The Balaban J connectivity index is -0.000000133. The van der Waals surface area contributed by atoms with Crippen molar-refractivity contribution in [2.24, 2.45) is 0 Å². The fraction of sp³-hybridized carbons (Fsp3) is 0.589. The Kier molecular flexibility index (Phi) is 77.3. The molecule has 0 radical (unpaired) electrons. The Bertz CT molecular complexity index is 1710. The molecule has 4 fully saturated rings. The van der Waals surface area contributed by atoms with E-state index in [4.69, 9.17) is 9.47 Å². The van der Waals surface area contributed by atoms with Crippen LogP contribution in [0.15, 0.2) is 84.9 Å². The van der Waals surface area contributed by atoms with Crippen LogP contribution in [0, 0.1) is 58.4 Å². The van der Waals surface area contributed by atoms with Gasteiger partial charge in [0.1, 0.15) is 11.5 Å². The van der Waals surface area contributed by atoms with E-state index in [1.165, 1.54) is 181 Å². The molecule has 0 aliphatic heterocycles. The maximum atomic E-state index is 5.82. The van der Waals surface area contributed by atoms with Gasteiger partial charge in [-0.15, -0.1) is 0 Å². The average molecular weight is 1420 g/mol. The number of ether oxygens (including phenoxy) is 2. The summed E-state index contributed by atoms with van der Waals surface area (Å²) in [7, 11) is 2.91. The molecule has 0 heterocycles. The second-order valence-corrected chi connectivity index (χ2v) is 25.4. The molecule has 0 N–H and O–H groups in total. The maximum absolute atomic E-state index is 5.82. The molecule has 0 aromatic heterocycles. The van der Waals surface area contributed by atoms with Crippen molar-refractivity contribution in [3.63, 3.8) is 0 Å². The Morgan fingerprint density at radius 1 is 0.400 bits per heavy atom. The standard InChI is InChI=1S/2C26H35OP.3C3H8.3C2H6.6CH3.3Pd/c2*1-20-12-11-18-24(27-2)26(20)23-17-9-10-19-25(23)28(21-13-5-3-6-14-21)22-15-7-4-8-16-22;3*1-3-2;3*1-2;;;;;;;;;/h2*9-12,17-19,21-22H,3-8,13-16H2,1-2H3;3*3H2,1-2H3;3*1-2H3;6*1H3;;;/q;;;;;;;;6*-1;;;+2/p+1. The van der Waals surface area contributed by atoms with E-state index in [1.807, 2.05) is 55.8 Å². The molecule has 0 unspecified atom stereocenters. The molecule has 478 valence electrons. The van der Waals surface area contributed by atoms with Crippen molar-refractivity contribution in [1.29, 1.82) is 0 Å². The van der Waals surface area contributed by atoms with E-state index in [-0.39, 0.29) is 114 Å². The topological polar surface area (TPSA) is 18.5 Å². The molecule has 4 aromatic carbocycles. The molecule has 8 rings (SSSR count). The van der Waals surface area contributed by atoms with E-state index in [0.29, 0.717) is 0 Å². The molecule has 0 saturated heterocycles. The SMILES string of the molecule is CC.CC.CC.CCC.CCC.CCC.COc1cccc(C)c1-c1ccccc1P(C1CCCCC1)C1CCCCC1.COc1cccc(C)c1-c1ccccc1[PH+](C1CCCCC1)C1CCCCC1.[CH3-].[CH3-].[CH3-].[CH3-].[CH3-].[CH3-].[Pd+2].[Pd].[Pd]. The van der Waals surface area contributed by atoms with Gasteiger partial charge in [0.05, 0.1) is 30.8 Å². The summed E-state index contributed by atoms with van der Waals surface area (Å²) in [6.45, 7) is 29.2. The van der Waals surface area contributed by atoms with Crippen LogP contribution in [0.5, 0.6) is 11.5 Å². The second-order valence-electron chi connectivity index (χ2n) is 19.6. The molecule has 4 aliphatic carbocycles. The number of hydrogen-bond donors (Lipinski definition) is 0. The van der Waals surface area contributed by atoms with Gasteiger partial charge in [-0.2, -0.15) is 0 Å². The summed E-state index contributed by atoms with van der Waals surface area (Å²) in [6.07, 6.45) is 32.7. The molecule has 0 spiro atoms. The van der Waals surface area contributed by atoms with Crippen LogP contribution in [0.1, 0.15) is 242 Å². The molecule has 4 saturated carbocycles. The molecule has 0 amide bonds. The minimum Gasteiger partial charge on any atom is -0.496 e. The third-order valence-corrected chi connectivity index (χ3v) is 21.4. The van der Waals surface area contributed by atoms with Gasteiger partial charge in [-0.25, -0.2) is 0 Å². The summed E-state index contributed by atoms with van der Waals surface area (Å²) in [5.41, 5.74) is 12.0. The number of benzene rings is 4. The van der Waals surface area contributed by atoms with Crippen LogP contribution in [0.4, 0.5) is 0 Å². The van der Waals surface area contributed by atoms with Crippen LogP contribution in [0.25, 0.3) is 22.3 Å². The van der Waals surface area contributed by atoms with Crippen LogP contribution < -0.4 is 20.1 Å². The molecule has 4 aliphatic rings. The van der Waals surface area contributed by atoms with Crippen LogP contribution >= 0.6 is 15.8 Å². The smallest absolute Gasteiger partial charge is 0.496 e. The first-order chi connectivity index (χ1) is 34.8. The predicted octanol–water partition coefficient (Wildman–Crippen LogP) is 24.6. The molecule has 80 heavy (non-hydrogen) atoms. The third-order valence-electron chi connectivity index (χ3n) is 13.9. The van der Waals surface area contributed by atoms with Crippen molar-refractivity contribution >= 4 is 26.5 Å². The van der Waals surface area contributed by atoms with Crippen molar-refractivity contribution in [1.82, 2.24) is 0 Å². The zero-order valence-corrected chi connectivity index (χ0v) is 62.9. The number of hydrogen-bond acceptors (Lipinski definition) is 2. The van der Waals surface area contributed by atoms with Gasteiger partial charge in [0, 0.05) is 65.5 Å². The van der Waals surface area contributed by atoms with Crippen molar-refractivity contribution in [3.05, 3.63) is 141 Å². The fourth-order valence-corrected chi connectivity index (χ4v) is 19.5. The summed E-state index contributed by atoms with van der Waals surface area (Å²) in [5.74, 6) is 2.05. The predicted molar refractivity (Wildman–Crippen MR) is 369 cm³/mol. The first-order valence-corrected chi connectivity index (χ1v) is 33.1. The average Bonchev–Trinajstić information content (AvgIpc) is 3.43. The molecular formula is C73H131O2P2Pd3-3. The van der Waals surface area contributed by atoms with E-state index in [2.05, 4.69) is 140 Å². The normalized spacial score (nSPS) is 14.3. The van der Waals surface area contributed by atoms with E-state index in [1.54, 1.807) is 10.6 Å². The third kappa shape index (κ3) is 32.7. The molecular weight excluding hydrogens is 1290 g/mol. The Morgan fingerprint density at radius 2 is 0.688 bits per heavy atom. The van der Waals surface area contributed by atoms with Crippen molar-refractivity contribution in [2.75, 3.05) is 14.2 Å². The second kappa shape index (κ2) is 62.8. The van der Waals surface area contributed by atoms with E-state index < -0.39 is 7.92 Å². The number of rotatable bonds is 10. The van der Waals surface area contributed by atoms with Gasteiger partial charge in [-0.1, -0.05) is 228 Å². The zero-order chi connectivity index (χ0) is 52.8. The summed E-state index contributed by atoms with van der Waals surface area (Å²) in [6, 6.07) is 31.7. The first kappa shape index (κ1) is 98.4. The van der Waals surface area contributed by atoms with Gasteiger partial charge in [0.15, 0.2) is 0 Å². The minimum absolute atomic E-state index is 0. The number of aryl methyl sites for hydroxylation is 2. The van der Waals surface area contributed by atoms with Crippen LogP contribution in [0.3, 0.4) is 0 Å². The van der Waals surface area contributed by atoms with Crippen LogP contribution in [-0.4, -0.2) is 36.9 Å². The summed E-state index contributed by atoms with van der Waals surface area (Å²) in [5, 5.41) is 3.35. The molecule has 0 atom stereocenters. The van der Waals surface area contributed by atoms with Crippen molar-refractivity contribution in [3.8, 4) is 33.8 Å². The summed E-state index contributed by atoms with van der Waals surface area (Å²) in [4.78, 5) is 0. The van der Waals surface area contributed by atoms with E-state index >= 15 is 0 Å². The van der Waals surface area contributed by atoms with Gasteiger partial charge in [-0.3, -0.25) is 0 Å². The van der Waals surface area contributed by atoms with Gasteiger partial charge >= 0.3 is 20.4 Å². The number of methoxy groups -OCH3 is 2. The minimum atomic E-state index is -0.597. The summed E-state index contributed by atoms with van der Waals surface area (Å²) >= 11 is 0. The van der Waals surface area contributed by atoms with Crippen molar-refractivity contribution < 1.29 is 70.7 Å². The van der Waals surface area contributed by atoms with Crippen LogP contribution in [0.2, 0.25) is 0 Å². The molecule has 7 heteroatoms. The zero-order valence-electron chi connectivity index (χ0n) is 56.4. The van der Waals surface area contributed by atoms with Gasteiger partial charge < -0.3 is 54.0 Å². The monoisotopic (exact) mass is 1420 g/mol. The molecule has 4 aromatic rings. The fourth-order valence-electron chi connectivity index (χ4n) is 11.2. The Morgan fingerprint density at radius 3 is 1.02 bits per heavy atom. The van der Waals surface area contributed by atoms with E-state index in [0.717, 1.165) is 34.1 Å². The summed E-state index contributed by atoms with van der Waals surface area (Å²) < 4.78 is 11.6. The maximum Gasteiger partial charge on any atom is 2.00 e. The first-order valence-electron chi connectivity index (χ1n) is 29.9. The Labute approximate surface area is 548 Å². The van der Waals surface area contributed by atoms with Gasteiger partial charge in [-0.05, 0) is 142 Å². The van der Waals surface area contributed by atoms with Crippen molar-refractivity contribution in [2.45, 2.75) is 267 Å². The van der Waals surface area contributed by atoms with Gasteiger partial charge in [0.25, 0.3) is 0 Å². The van der Waals surface area contributed by atoms with Gasteiger partial charge in [0.2, 0.25) is 0 Å². The Hall–Kier alpha value is -0.673. The quantitative estimate of drug-likeness (QED) is 0.0895. The molecule has 0 bridgehead atoms. The van der Waals surface area contributed by atoms with Crippen LogP contribution in [-0.2, 0) is 61.3 Å². The largest absolute Gasteiger partial charge is 2.00 e. The van der Waals surface area contributed by atoms with E-state index in [9.17, 15) is 0 Å².